The Morgan fingerprint density at radius 2 is 1.86 bits per heavy atom. The zero-order chi connectivity index (χ0) is 18.9. The fourth-order valence-electron chi connectivity index (χ4n) is 3.52. The van der Waals surface area contributed by atoms with E-state index in [0.29, 0.717) is 19.1 Å². The van der Waals surface area contributed by atoms with E-state index in [2.05, 4.69) is 58.1 Å². The van der Waals surface area contributed by atoms with Gasteiger partial charge in [-0.05, 0) is 44.7 Å². The first-order chi connectivity index (χ1) is 13.3. The zero-order valence-corrected chi connectivity index (χ0v) is 19.2. The number of nitrogens with one attached hydrogen (secondary N) is 3. The number of carbonyl (C=O) groups is 1. The zero-order valence-electron chi connectivity index (χ0n) is 16.8. The summed E-state index contributed by atoms with van der Waals surface area (Å²) in [6.45, 7) is 7.19. The summed E-state index contributed by atoms with van der Waals surface area (Å²) in [5.41, 5.74) is 1.37. The fraction of sp³-hybridized carbons (Fsp3) is 0.619. The van der Waals surface area contributed by atoms with Crippen molar-refractivity contribution in [3.05, 3.63) is 35.9 Å². The average molecular weight is 499 g/mol. The van der Waals surface area contributed by atoms with Gasteiger partial charge in [0, 0.05) is 38.1 Å². The van der Waals surface area contributed by atoms with E-state index in [4.69, 9.17) is 4.99 Å². The van der Waals surface area contributed by atoms with Crippen LogP contribution >= 0.6 is 24.0 Å². The summed E-state index contributed by atoms with van der Waals surface area (Å²) < 4.78 is 0. The highest BCUT2D eigenvalue weighted by molar-refractivity contribution is 14.0. The molecule has 156 valence electrons. The first kappa shape index (κ1) is 22.9. The van der Waals surface area contributed by atoms with Gasteiger partial charge in [0.2, 0.25) is 5.91 Å². The highest BCUT2D eigenvalue weighted by Crippen LogP contribution is 2.28. The van der Waals surface area contributed by atoms with Crippen LogP contribution in [0.3, 0.4) is 0 Å². The lowest BCUT2D eigenvalue weighted by Crippen LogP contribution is -2.42. The Morgan fingerprint density at radius 1 is 1.11 bits per heavy atom. The number of amides is 1. The van der Waals surface area contributed by atoms with E-state index in [1.807, 2.05) is 0 Å². The third-order valence-corrected chi connectivity index (χ3v) is 5.20. The van der Waals surface area contributed by atoms with Crippen molar-refractivity contribution in [2.24, 2.45) is 10.9 Å². The van der Waals surface area contributed by atoms with Crippen LogP contribution < -0.4 is 16.0 Å². The highest BCUT2D eigenvalue weighted by Gasteiger charge is 2.29. The predicted octanol–water partition coefficient (Wildman–Crippen LogP) is 2.35. The molecule has 1 saturated heterocycles. The second-order valence-electron chi connectivity index (χ2n) is 7.46. The molecule has 1 aliphatic carbocycles. The van der Waals surface area contributed by atoms with Crippen LogP contribution in [0.15, 0.2) is 35.3 Å². The molecule has 1 aromatic rings. The molecule has 0 aromatic heterocycles. The van der Waals surface area contributed by atoms with Crippen LogP contribution in [0.4, 0.5) is 0 Å². The number of hydrogen-bond acceptors (Lipinski definition) is 3. The van der Waals surface area contributed by atoms with Gasteiger partial charge in [-0.15, -0.1) is 24.0 Å². The summed E-state index contributed by atoms with van der Waals surface area (Å²) in [6, 6.07) is 11.2. The topological polar surface area (TPSA) is 68.8 Å². The van der Waals surface area contributed by atoms with Crippen LogP contribution in [0.25, 0.3) is 0 Å². The van der Waals surface area contributed by atoms with Crippen molar-refractivity contribution >= 4 is 35.8 Å². The van der Waals surface area contributed by atoms with Gasteiger partial charge in [0.25, 0.3) is 0 Å². The number of carbonyl (C=O) groups excluding carboxylic acids is 1. The molecule has 3 N–H and O–H groups in total. The van der Waals surface area contributed by atoms with E-state index in [1.54, 1.807) is 0 Å². The van der Waals surface area contributed by atoms with E-state index < -0.39 is 0 Å². The molecule has 1 unspecified atom stereocenters. The number of halogens is 1. The largest absolute Gasteiger partial charge is 0.357 e. The van der Waals surface area contributed by atoms with Crippen LogP contribution in [0.2, 0.25) is 0 Å². The molecule has 1 amide bonds. The van der Waals surface area contributed by atoms with E-state index in [9.17, 15) is 4.79 Å². The molecule has 1 aromatic carbocycles. The molecule has 1 saturated carbocycles. The van der Waals surface area contributed by atoms with Gasteiger partial charge in [0.1, 0.15) is 0 Å². The lowest BCUT2D eigenvalue weighted by atomic mass is 10.2. The quantitative estimate of drug-likeness (QED) is 0.211. The molecule has 0 spiro atoms. The Kier molecular flexibility index (Phi) is 10.0. The van der Waals surface area contributed by atoms with Crippen LogP contribution in [0, 0.1) is 5.92 Å². The number of hydrogen-bond donors (Lipinski definition) is 3. The van der Waals surface area contributed by atoms with Gasteiger partial charge in [-0.1, -0.05) is 30.3 Å². The standard InChI is InChI=1S/C21H33N5O.HI/c1-2-22-21(24-13-12-23-20(27)18-10-11-18)25-15-19-9-6-14-26(19)16-17-7-4-3-5-8-17;/h3-5,7-8,18-19H,2,6,9-16H2,1H3,(H,23,27)(H2,22,24,25);1H. The van der Waals surface area contributed by atoms with Crippen molar-refractivity contribution in [2.75, 3.05) is 32.7 Å². The molecule has 2 aliphatic rings. The van der Waals surface area contributed by atoms with E-state index in [1.165, 1.54) is 18.4 Å². The summed E-state index contributed by atoms with van der Waals surface area (Å²) >= 11 is 0. The molecule has 7 heteroatoms. The lowest BCUT2D eigenvalue weighted by Gasteiger charge is -2.23. The molecular weight excluding hydrogens is 465 g/mol. The summed E-state index contributed by atoms with van der Waals surface area (Å²) in [5, 5.41) is 9.61. The summed E-state index contributed by atoms with van der Waals surface area (Å²) in [4.78, 5) is 19.0. The molecule has 0 radical (unpaired) electrons. The van der Waals surface area contributed by atoms with Crippen molar-refractivity contribution in [3.63, 3.8) is 0 Å². The number of benzene rings is 1. The van der Waals surface area contributed by atoms with E-state index in [-0.39, 0.29) is 35.8 Å². The maximum Gasteiger partial charge on any atom is 0.223 e. The van der Waals surface area contributed by atoms with Crippen molar-refractivity contribution in [1.29, 1.82) is 0 Å². The van der Waals surface area contributed by atoms with E-state index in [0.717, 1.165) is 45.0 Å². The third-order valence-electron chi connectivity index (χ3n) is 5.20. The normalized spacial score (nSPS) is 19.8. The maximum atomic E-state index is 11.7. The van der Waals surface area contributed by atoms with Crippen LogP contribution in [0.5, 0.6) is 0 Å². The van der Waals surface area contributed by atoms with Gasteiger partial charge in [-0.2, -0.15) is 0 Å². The predicted molar refractivity (Wildman–Crippen MR) is 125 cm³/mol. The minimum atomic E-state index is 0. The van der Waals surface area contributed by atoms with Crippen LogP contribution in [-0.4, -0.2) is 55.5 Å². The Hall–Kier alpha value is -1.35. The van der Waals surface area contributed by atoms with Gasteiger partial charge in [0.15, 0.2) is 5.96 Å². The number of likely N-dealkylation sites (tertiary alicyclic amines) is 1. The Labute approximate surface area is 186 Å². The molecule has 28 heavy (non-hydrogen) atoms. The number of nitrogens with zero attached hydrogens (tertiary/aromatic N) is 2. The molecule has 1 aliphatic heterocycles. The molecule has 1 atom stereocenters. The summed E-state index contributed by atoms with van der Waals surface area (Å²) in [6.07, 6.45) is 4.53. The third kappa shape index (κ3) is 7.58. The van der Waals surface area contributed by atoms with Crippen molar-refractivity contribution in [1.82, 2.24) is 20.9 Å². The molecule has 6 nitrogen and oxygen atoms in total. The minimum Gasteiger partial charge on any atom is -0.357 e. The van der Waals surface area contributed by atoms with Gasteiger partial charge < -0.3 is 16.0 Å². The molecular formula is C21H34IN5O. The first-order valence-electron chi connectivity index (χ1n) is 10.3. The van der Waals surface area contributed by atoms with Crippen LogP contribution in [0.1, 0.15) is 38.2 Å². The second kappa shape index (κ2) is 12.3. The van der Waals surface area contributed by atoms with Gasteiger partial charge in [-0.25, -0.2) is 0 Å². The first-order valence-corrected chi connectivity index (χ1v) is 10.3. The second-order valence-corrected chi connectivity index (χ2v) is 7.46. The minimum absolute atomic E-state index is 0. The van der Waals surface area contributed by atoms with Crippen LogP contribution in [-0.2, 0) is 11.3 Å². The van der Waals surface area contributed by atoms with Gasteiger partial charge in [0.05, 0.1) is 6.54 Å². The smallest absolute Gasteiger partial charge is 0.223 e. The van der Waals surface area contributed by atoms with Crippen molar-refractivity contribution < 1.29 is 4.79 Å². The number of guanidine groups is 1. The van der Waals surface area contributed by atoms with Gasteiger partial charge >= 0.3 is 0 Å². The highest BCUT2D eigenvalue weighted by atomic mass is 127. The van der Waals surface area contributed by atoms with Crippen molar-refractivity contribution in [3.8, 4) is 0 Å². The molecule has 1 heterocycles. The number of rotatable bonds is 9. The summed E-state index contributed by atoms with van der Waals surface area (Å²) in [5.74, 6) is 1.30. The average Bonchev–Trinajstić information content (AvgIpc) is 3.45. The maximum absolute atomic E-state index is 11.7. The van der Waals surface area contributed by atoms with Crippen molar-refractivity contribution in [2.45, 2.75) is 45.2 Å². The summed E-state index contributed by atoms with van der Waals surface area (Å²) in [7, 11) is 0. The van der Waals surface area contributed by atoms with E-state index >= 15 is 0 Å². The van der Waals surface area contributed by atoms with Gasteiger partial charge in [-0.3, -0.25) is 14.7 Å². The fourth-order valence-corrected chi connectivity index (χ4v) is 3.52. The molecule has 0 bridgehead atoms. The SMILES string of the molecule is CCNC(=NCC1CCCN1Cc1ccccc1)NCCNC(=O)C1CC1.I. The number of aliphatic imine (C=N–C) groups is 1. The Bertz CT molecular complexity index is 620. The molecule has 2 fully saturated rings. The Morgan fingerprint density at radius 3 is 2.57 bits per heavy atom. The molecule has 3 rings (SSSR count). The lowest BCUT2D eigenvalue weighted by molar-refractivity contribution is -0.122. The monoisotopic (exact) mass is 499 g/mol. The Balaban J connectivity index is 0.00000280.